The third-order valence-corrected chi connectivity index (χ3v) is 5.08. The fraction of sp³-hybridized carbons (Fsp3) is 0.263. The number of aromatic nitrogens is 1. The number of hydrogen-bond donors (Lipinski definition) is 3. The lowest BCUT2D eigenvalue weighted by atomic mass is 10.1. The maximum Gasteiger partial charge on any atom is 0.144 e. The zero-order valence-corrected chi connectivity index (χ0v) is 16.7. The lowest BCUT2D eigenvalue weighted by molar-refractivity contribution is 0.388. The highest BCUT2D eigenvalue weighted by Crippen LogP contribution is 2.52. The number of nitrogens with one attached hydrogen (secondary N) is 1. The van der Waals surface area contributed by atoms with E-state index >= 15 is 0 Å². The van der Waals surface area contributed by atoms with Gasteiger partial charge in [-0.25, -0.2) is 0 Å². The van der Waals surface area contributed by atoms with E-state index in [1.54, 1.807) is 24.4 Å². The van der Waals surface area contributed by atoms with Crippen LogP contribution < -0.4 is 14.2 Å². The molecule has 1 aromatic carbocycles. The van der Waals surface area contributed by atoms with Crippen molar-refractivity contribution in [1.29, 1.82) is 0 Å². The van der Waals surface area contributed by atoms with Crippen molar-refractivity contribution in [2.45, 2.75) is 18.7 Å². The second-order valence-corrected chi connectivity index (χ2v) is 7.23. The summed E-state index contributed by atoms with van der Waals surface area (Å²) >= 11 is 0. The molecular weight excluding hydrogens is 366 g/mol. The average molecular weight is 394 g/mol. The van der Waals surface area contributed by atoms with Crippen LogP contribution in [0.25, 0.3) is 0 Å². The van der Waals surface area contributed by atoms with Crippen molar-refractivity contribution in [3.05, 3.63) is 54.4 Å². The largest absolute Gasteiger partial charge is 0.497 e. The van der Waals surface area contributed by atoms with Gasteiger partial charge in [0.05, 0.1) is 31.8 Å². The molecule has 0 bridgehead atoms. The molecule has 148 valence electrons. The molecule has 3 N–H and O–H groups in total. The number of methoxy groups -OCH3 is 2. The van der Waals surface area contributed by atoms with E-state index in [4.69, 9.17) is 9.47 Å². The maximum atomic E-state index is 10.7. The van der Waals surface area contributed by atoms with Gasteiger partial charge in [0.25, 0.3) is 0 Å². The molecule has 0 amide bonds. The second-order valence-electron chi connectivity index (χ2n) is 5.49. The van der Waals surface area contributed by atoms with Crippen LogP contribution >= 0.6 is 10.8 Å². The van der Waals surface area contributed by atoms with Gasteiger partial charge in [-0.1, -0.05) is 16.9 Å². The lowest BCUT2D eigenvalue weighted by Gasteiger charge is -2.34. The molecule has 1 heterocycles. The van der Waals surface area contributed by atoms with Crippen molar-refractivity contribution in [3.63, 3.8) is 0 Å². The number of allylic oxidation sites excluding steroid dienone is 2. The first-order valence-corrected chi connectivity index (χ1v) is 9.90. The van der Waals surface area contributed by atoms with Gasteiger partial charge < -0.3 is 9.47 Å². The molecule has 0 radical (unpaired) electrons. The van der Waals surface area contributed by atoms with Gasteiger partial charge in [-0.2, -0.15) is 0 Å². The number of pyridine rings is 1. The van der Waals surface area contributed by atoms with Crippen molar-refractivity contribution in [1.82, 2.24) is 4.98 Å². The van der Waals surface area contributed by atoms with Crippen molar-refractivity contribution in [3.8, 4) is 11.5 Å². The second kappa shape index (κ2) is 9.40. The fourth-order valence-corrected chi connectivity index (χ4v) is 3.69. The van der Waals surface area contributed by atoms with Crippen LogP contribution in [0.2, 0.25) is 0 Å². The number of aliphatic imine (C=N–C) groups is 1. The number of rotatable bonds is 8. The molecule has 0 saturated heterocycles. The Labute approximate surface area is 162 Å². The summed E-state index contributed by atoms with van der Waals surface area (Å²) in [7, 11) is -0.435. The molecule has 0 aliphatic carbocycles. The zero-order valence-electron chi connectivity index (χ0n) is 15.8. The minimum atomic E-state index is -3.41. The van der Waals surface area contributed by atoms with Crippen molar-refractivity contribution in [2.75, 3.05) is 25.5 Å². The Balaban J connectivity index is 0.00000392. The molecule has 1 aromatic heterocycles. The average Bonchev–Trinajstić information content (AvgIpc) is 2.67. The molecule has 2 rings (SSSR count). The van der Waals surface area contributed by atoms with Gasteiger partial charge in [-0.3, -0.25) is 23.8 Å². The first-order valence-electron chi connectivity index (χ1n) is 8.35. The predicted molar refractivity (Wildman–Crippen MR) is 113 cm³/mol. The SMILES string of the molecule is C/C=C\C(=NCC)c1cncc(NS(O)(O)c2cc(OC)ccc2OC)c1.[HH]. The van der Waals surface area contributed by atoms with Gasteiger partial charge in [0.15, 0.2) is 0 Å². The van der Waals surface area contributed by atoms with Crippen LogP contribution in [0.15, 0.2) is 58.7 Å². The topological polar surface area (TPSA) is 96.2 Å². The monoisotopic (exact) mass is 393 g/mol. The molecule has 0 fully saturated rings. The summed E-state index contributed by atoms with van der Waals surface area (Å²) in [5, 5.41) is 0. The first-order chi connectivity index (χ1) is 12.9. The van der Waals surface area contributed by atoms with E-state index in [1.165, 1.54) is 26.5 Å². The first kappa shape index (κ1) is 20.8. The molecule has 0 unspecified atom stereocenters. The standard InChI is InChI=1S/C19H25N3O4S.H2/c1-5-7-17(21-6-2)14-10-15(13-20-12-14)22-27(23,24)19-11-16(25-3)8-9-18(19)26-4;/h5,7-13,22-24H,6H2,1-4H3;1H/b7-5-,21-17?;. The number of anilines is 1. The molecular formula is C19H27N3O4S. The fourth-order valence-electron chi connectivity index (χ4n) is 2.43. The van der Waals surface area contributed by atoms with Gasteiger partial charge in [0.1, 0.15) is 16.4 Å². The van der Waals surface area contributed by atoms with E-state index in [-0.39, 0.29) is 6.32 Å². The number of nitrogens with zero attached hydrogens (tertiary/aromatic N) is 2. The van der Waals surface area contributed by atoms with Gasteiger partial charge in [0, 0.05) is 25.8 Å². The van der Waals surface area contributed by atoms with Crippen LogP contribution in [0, 0.1) is 0 Å². The lowest BCUT2D eigenvalue weighted by Crippen LogP contribution is -2.12. The third-order valence-electron chi connectivity index (χ3n) is 3.62. The van der Waals surface area contributed by atoms with Crippen LogP contribution in [0.5, 0.6) is 11.5 Å². The van der Waals surface area contributed by atoms with E-state index in [2.05, 4.69) is 14.7 Å². The number of benzene rings is 1. The summed E-state index contributed by atoms with van der Waals surface area (Å²) in [6, 6.07) is 6.60. The summed E-state index contributed by atoms with van der Waals surface area (Å²) in [5.41, 5.74) is 1.99. The third kappa shape index (κ3) is 5.22. The highest BCUT2D eigenvalue weighted by Gasteiger charge is 2.22. The molecule has 0 spiro atoms. The van der Waals surface area contributed by atoms with E-state index in [0.717, 1.165) is 11.3 Å². The molecule has 0 aliphatic rings. The molecule has 7 nitrogen and oxygen atoms in total. The van der Waals surface area contributed by atoms with E-state index in [0.29, 0.717) is 23.7 Å². The number of ether oxygens (including phenoxy) is 2. The zero-order chi connectivity index (χ0) is 19.9. The smallest absolute Gasteiger partial charge is 0.144 e. The van der Waals surface area contributed by atoms with Crippen molar-refractivity contribution in [2.24, 2.45) is 4.99 Å². The molecule has 2 aromatic rings. The Bertz CT molecular complexity index is 844. The van der Waals surface area contributed by atoms with Gasteiger partial charge >= 0.3 is 0 Å². The van der Waals surface area contributed by atoms with Crippen molar-refractivity contribution >= 4 is 22.2 Å². The van der Waals surface area contributed by atoms with Gasteiger partial charge in [-0.05, 0) is 38.1 Å². The van der Waals surface area contributed by atoms with Gasteiger partial charge in [0.2, 0.25) is 0 Å². The Hall–Kier alpha value is -2.55. The highest BCUT2D eigenvalue weighted by molar-refractivity contribution is 8.25. The molecule has 8 heteroatoms. The van der Waals surface area contributed by atoms with E-state index < -0.39 is 10.8 Å². The Morgan fingerprint density at radius 2 is 2.04 bits per heavy atom. The van der Waals surface area contributed by atoms with Gasteiger partial charge in [-0.15, -0.1) is 0 Å². The summed E-state index contributed by atoms with van der Waals surface area (Å²) in [4.78, 5) is 8.82. The maximum absolute atomic E-state index is 10.7. The minimum Gasteiger partial charge on any atom is -0.497 e. The van der Waals surface area contributed by atoms with Crippen LogP contribution in [0.4, 0.5) is 5.69 Å². The molecule has 27 heavy (non-hydrogen) atoms. The predicted octanol–water partition coefficient (Wildman–Crippen LogP) is 4.87. The Kier molecular flexibility index (Phi) is 7.23. The minimum absolute atomic E-state index is 0. The van der Waals surface area contributed by atoms with Crippen LogP contribution in [-0.4, -0.2) is 40.6 Å². The molecule has 0 atom stereocenters. The Morgan fingerprint density at radius 1 is 1.26 bits per heavy atom. The highest BCUT2D eigenvalue weighted by atomic mass is 32.3. The van der Waals surface area contributed by atoms with Crippen LogP contribution in [0.1, 0.15) is 20.8 Å². The Morgan fingerprint density at radius 3 is 2.67 bits per heavy atom. The molecule has 0 saturated carbocycles. The summed E-state index contributed by atoms with van der Waals surface area (Å²) in [6.07, 6.45) is 6.97. The summed E-state index contributed by atoms with van der Waals surface area (Å²) < 4.78 is 34.6. The van der Waals surface area contributed by atoms with Crippen LogP contribution in [0.3, 0.4) is 0 Å². The van der Waals surface area contributed by atoms with Crippen LogP contribution in [-0.2, 0) is 0 Å². The molecule has 0 aliphatic heterocycles. The van der Waals surface area contributed by atoms with E-state index in [1.807, 2.05) is 26.0 Å². The summed E-state index contributed by atoms with van der Waals surface area (Å²) in [5.74, 6) is 0.833. The van der Waals surface area contributed by atoms with Crippen molar-refractivity contribution < 1.29 is 20.0 Å². The number of hydrogen-bond acceptors (Lipinski definition) is 7. The summed E-state index contributed by atoms with van der Waals surface area (Å²) in [6.45, 7) is 4.49. The van der Waals surface area contributed by atoms with E-state index in [9.17, 15) is 9.11 Å². The quantitative estimate of drug-likeness (QED) is 0.554. The normalized spacial score (nSPS) is 12.9.